The third-order valence-electron chi connectivity index (χ3n) is 5.35. The lowest BCUT2D eigenvalue weighted by atomic mass is 10.0. The van der Waals surface area contributed by atoms with Gasteiger partial charge < -0.3 is 42.0 Å². The summed E-state index contributed by atoms with van der Waals surface area (Å²) in [5, 5.41) is 35.4. The number of carbonyl (C=O) groups is 5. The number of rotatable bonds is 14. The smallest absolute Gasteiger partial charge is 0.327 e. The Morgan fingerprint density at radius 3 is 2.17 bits per heavy atom. The highest BCUT2D eigenvalue weighted by Gasteiger charge is 2.30. The maximum atomic E-state index is 12.9. The molecule has 0 aliphatic heterocycles. The summed E-state index contributed by atoms with van der Waals surface area (Å²) in [5.41, 5.74) is 7.08. The zero-order chi connectivity index (χ0) is 26.8. The molecule has 0 aliphatic rings. The number of aliphatic hydroxyl groups excluding tert-OH is 1. The number of carboxylic acids is 2. The van der Waals surface area contributed by atoms with E-state index >= 15 is 0 Å². The van der Waals surface area contributed by atoms with Crippen molar-refractivity contribution in [1.29, 1.82) is 0 Å². The fraction of sp³-hybridized carbons (Fsp3) is 0.409. The number of carboxylic acid groups (broad SMARTS) is 2. The number of hydrogen-bond acceptors (Lipinski definition) is 8. The average molecular weight is 524 g/mol. The molecule has 196 valence electrons. The van der Waals surface area contributed by atoms with Gasteiger partial charge in [0.15, 0.2) is 0 Å². The van der Waals surface area contributed by atoms with Gasteiger partial charge in [0.1, 0.15) is 18.1 Å². The third kappa shape index (κ3) is 7.96. The van der Waals surface area contributed by atoms with Crippen LogP contribution in [0.4, 0.5) is 0 Å². The zero-order valence-corrected chi connectivity index (χ0v) is 20.0. The number of nitrogens with one attached hydrogen (secondary N) is 4. The van der Waals surface area contributed by atoms with Crippen LogP contribution in [0.5, 0.6) is 0 Å². The minimum Gasteiger partial charge on any atom is -0.481 e. The normalized spacial score (nSPS) is 14.3. The van der Waals surface area contributed by atoms with Gasteiger partial charge in [-0.15, -0.1) is 0 Å². The van der Waals surface area contributed by atoms with Gasteiger partial charge in [0, 0.05) is 35.7 Å². The summed E-state index contributed by atoms with van der Waals surface area (Å²) in [5.74, 6) is -5.25. The Morgan fingerprint density at radius 1 is 0.944 bits per heavy atom. The van der Waals surface area contributed by atoms with Gasteiger partial charge in [-0.2, -0.15) is 12.6 Å². The second kappa shape index (κ2) is 13.5. The van der Waals surface area contributed by atoms with Crippen LogP contribution in [0.3, 0.4) is 0 Å². The number of H-pyrrole nitrogens is 1. The summed E-state index contributed by atoms with van der Waals surface area (Å²) in [6.45, 7) is -0.834. The van der Waals surface area contributed by atoms with Crippen LogP contribution in [-0.2, 0) is 30.4 Å². The van der Waals surface area contributed by atoms with Crippen LogP contribution in [0.1, 0.15) is 18.4 Å². The Kier molecular flexibility index (Phi) is 10.7. The maximum Gasteiger partial charge on any atom is 0.327 e. The van der Waals surface area contributed by atoms with Gasteiger partial charge >= 0.3 is 11.9 Å². The predicted octanol–water partition coefficient (Wildman–Crippen LogP) is -1.64. The number of nitrogens with two attached hydrogens (primary N) is 1. The Labute approximate surface area is 211 Å². The van der Waals surface area contributed by atoms with Crippen molar-refractivity contribution in [3.8, 4) is 0 Å². The number of amides is 3. The van der Waals surface area contributed by atoms with Crippen molar-refractivity contribution >= 4 is 53.2 Å². The number of para-hydroxylation sites is 1. The van der Waals surface area contributed by atoms with E-state index in [1.165, 1.54) is 0 Å². The Balaban J connectivity index is 2.20. The molecule has 0 fully saturated rings. The van der Waals surface area contributed by atoms with Crippen molar-refractivity contribution in [1.82, 2.24) is 20.9 Å². The molecule has 0 radical (unpaired) electrons. The lowest BCUT2D eigenvalue weighted by Gasteiger charge is -2.24. The number of carbonyl (C=O) groups excluding carboxylic acids is 3. The molecule has 4 unspecified atom stereocenters. The summed E-state index contributed by atoms with van der Waals surface area (Å²) in [4.78, 5) is 63.1. The van der Waals surface area contributed by atoms with Crippen molar-refractivity contribution in [3.63, 3.8) is 0 Å². The molecule has 9 N–H and O–H groups in total. The molecule has 0 bridgehead atoms. The van der Waals surface area contributed by atoms with Crippen molar-refractivity contribution in [3.05, 3.63) is 36.0 Å². The Hall–Kier alpha value is -3.62. The van der Waals surface area contributed by atoms with Gasteiger partial charge in [-0.1, -0.05) is 18.2 Å². The third-order valence-corrected chi connectivity index (χ3v) is 5.72. The fourth-order valence-corrected chi connectivity index (χ4v) is 3.59. The summed E-state index contributed by atoms with van der Waals surface area (Å²) < 4.78 is 0. The van der Waals surface area contributed by atoms with Gasteiger partial charge in [-0.25, -0.2) is 4.79 Å². The highest BCUT2D eigenvalue weighted by Crippen LogP contribution is 2.19. The fourth-order valence-electron chi connectivity index (χ4n) is 3.34. The van der Waals surface area contributed by atoms with Crippen LogP contribution in [0.2, 0.25) is 0 Å². The number of fused-ring (bicyclic) bond motifs is 1. The first-order valence-electron chi connectivity index (χ1n) is 10.9. The van der Waals surface area contributed by atoms with Gasteiger partial charge in [0.2, 0.25) is 17.7 Å². The van der Waals surface area contributed by atoms with Crippen LogP contribution < -0.4 is 21.7 Å². The second-order valence-electron chi connectivity index (χ2n) is 7.99. The maximum absolute atomic E-state index is 12.9. The van der Waals surface area contributed by atoms with Gasteiger partial charge in [-0.05, 0) is 18.1 Å². The molecule has 2 aromatic rings. The van der Waals surface area contributed by atoms with Crippen LogP contribution in [0, 0.1) is 0 Å². The first kappa shape index (κ1) is 28.6. The van der Waals surface area contributed by atoms with E-state index in [9.17, 15) is 34.2 Å². The molecule has 14 heteroatoms. The molecule has 3 amide bonds. The highest BCUT2D eigenvalue weighted by molar-refractivity contribution is 7.80. The summed E-state index contributed by atoms with van der Waals surface area (Å²) in [7, 11) is 0. The van der Waals surface area contributed by atoms with Crippen molar-refractivity contribution < 1.29 is 39.3 Å². The molecule has 0 saturated heterocycles. The van der Waals surface area contributed by atoms with Gasteiger partial charge in [0.05, 0.1) is 12.6 Å². The van der Waals surface area contributed by atoms with Crippen LogP contribution in [-0.4, -0.2) is 86.5 Å². The minimum absolute atomic E-state index is 0.0370. The molecule has 0 aliphatic carbocycles. The molecule has 13 nitrogen and oxygen atoms in total. The molecule has 2 rings (SSSR count). The van der Waals surface area contributed by atoms with Crippen LogP contribution in [0.25, 0.3) is 10.9 Å². The predicted molar refractivity (Wildman–Crippen MR) is 131 cm³/mol. The zero-order valence-electron chi connectivity index (χ0n) is 19.1. The molecule has 36 heavy (non-hydrogen) atoms. The lowest BCUT2D eigenvalue weighted by molar-refractivity contribution is -0.141. The van der Waals surface area contributed by atoms with E-state index in [2.05, 4.69) is 33.6 Å². The largest absolute Gasteiger partial charge is 0.481 e. The van der Waals surface area contributed by atoms with E-state index in [-0.39, 0.29) is 25.0 Å². The quantitative estimate of drug-likeness (QED) is 0.129. The van der Waals surface area contributed by atoms with E-state index in [1.807, 2.05) is 12.1 Å². The topological polar surface area (TPSA) is 224 Å². The van der Waals surface area contributed by atoms with E-state index in [4.69, 9.17) is 10.8 Å². The monoisotopic (exact) mass is 523 g/mol. The molecule has 1 aromatic heterocycles. The molecular weight excluding hydrogens is 494 g/mol. The number of thiol groups is 1. The summed E-state index contributed by atoms with van der Waals surface area (Å²) in [6.07, 6.45) is 1.06. The molecule has 4 atom stereocenters. The van der Waals surface area contributed by atoms with E-state index < -0.39 is 60.4 Å². The second-order valence-corrected chi connectivity index (χ2v) is 8.35. The number of aromatic nitrogens is 1. The number of aliphatic carboxylic acids is 2. The van der Waals surface area contributed by atoms with E-state index in [0.29, 0.717) is 5.56 Å². The molecule has 0 saturated carbocycles. The van der Waals surface area contributed by atoms with Crippen LogP contribution in [0.15, 0.2) is 30.5 Å². The number of aliphatic hydroxyl groups is 1. The average Bonchev–Trinajstić information content (AvgIpc) is 3.25. The highest BCUT2D eigenvalue weighted by atomic mass is 32.1. The number of benzene rings is 1. The first-order valence-corrected chi connectivity index (χ1v) is 11.6. The number of hydrogen-bond donors (Lipinski definition) is 9. The van der Waals surface area contributed by atoms with E-state index in [0.717, 1.165) is 10.9 Å². The first-order chi connectivity index (χ1) is 17.1. The van der Waals surface area contributed by atoms with E-state index in [1.54, 1.807) is 18.3 Å². The van der Waals surface area contributed by atoms with Crippen LogP contribution >= 0.6 is 12.6 Å². The summed E-state index contributed by atoms with van der Waals surface area (Å²) >= 11 is 3.92. The number of aromatic amines is 1. The standard InChI is InChI=1S/C22H29N5O8S/c23-13(5-6-18(29)30)19(31)26-16(9-28)21(33)25-15(20(32)27-17(10-36)22(34)35)7-11-8-24-14-4-2-1-3-12(11)14/h1-4,8,13,15-17,24,28,36H,5-7,9-10,23H2,(H,25,33)(H,26,31)(H,27,32)(H,29,30)(H,34,35). The Bertz CT molecular complexity index is 1110. The van der Waals surface area contributed by atoms with Crippen molar-refractivity contribution in [2.24, 2.45) is 5.73 Å². The molecule has 1 aromatic carbocycles. The lowest BCUT2D eigenvalue weighted by Crippen LogP contribution is -2.58. The molecular formula is C22H29N5O8S. The summed E-state index contributed by atoms with van der Waals surface area (Å²) in [6, 6.07) is 1.91. The van der Waals surface area contributed by atoms with Crippen molar-refractivity contribution in [2.75, 3.05) is 12.4 Å². The molecule has 1 heterocycles. The SMILES string of the molecule is NC(CCC(=O)O)C(=O)NC(CO)C(=O)NC(Cc1c[nH]c2ccccc12)C(=O)NC(CS)C(=O)O. The Morgan fingerprint density at radius 2 is 1.56 bits per heavy atom. The van der Waals surface area contributed by atoms with Crippen molar-refractivity contribution in [2.45, 2.75) is 43.4 Å². The molecule has 0 spiro atoms. The van der Waals surface area contributed by atoms with Gasteiger partial charge in [0.25, 0.3) is 0 Å². The minimum atomic E-state index is -1.49. The van der Waals surface area contributed by atoms with Gasteiger partial charge in [-0.3, -0.25) is 19.2 Å².